The van der Waals surface area contributed by atoms with Crippen LogP contribution in [0.25, 0.3) is 10.9 Å². The molecular formula is C12H13F3N2. The van der Waals surface area contributed by atoms with Crippen LogP contribution in [0.15, 0.2) is 24.3 Å². The van der Waals surface area contributed by atoms with E-state index >= 15 is 0 Å². The maximum Gasteiger partial charge on any atom is 0.431 e. The molecular weight excluding hydrogens is 229 g/mol. The Morgan fingerprint density at radius 1 is 1.29 bits per heavy atom. The van der Waals surface area contributed by atoms with Crippen LogP contribution in [0.2, 0.25) is 0 Å². The number of rotatable bonds is 2. The number of hydrogen-bond acceptors (Lipinski definition) is 1. The number of aromatic nitrogens is 1. The van der Waals surface area contributed by atoms with Crippen molar-refractivity contribution in [2.75, 3.05) is 7.05 Å². The zero-order chi connectivity index (χ0) is 12.6. The van der Waals surface area contributed by atoms with Crippen molar-refractivity contribution >= 4 is 10.9 Å². The van der Waals surface area contributed by atoms with Gasteiger partial charge in [-0.05, 0) is 18.7 Å². The summed E-state index contributed by atoms with van der Waals surface area (Å²) in [7, 11) is 3.22. The predicted octanol–water partition coefficient (Wildman–Crippen LogP) is 2.92. The average molecular weight is 242 g/mol. The van der Waals surface area contributed by atoms with Gasteiger partial charge in [-0.3, -0.25) is 0 Å². The van der Waals surface area contributed by atoms with Crippen molar-refractivity contribution in [1.82, 2.24) is 9.88 Å². The van der Waals surface area contributed by atoms with Gasteiger partial charge in [-0.15, -0.1) is 0 Å². The van der Waals surface area contributed by atoms with Crippen LogP contribution in [0.5, 0.6) is 0 Å². The van der Waals surface area contributed by atoms with E-state index in [4.69, 9.17) is 0 Å². The van der Waals surface area contributed by atoms with E-state index in [0.717, 1.165) is 5.56 Å². The van der Waals surface area contributed by atoms with Gasteiger partial charge in [0.15, 0.2) is 0 Å². The summed E-state index contributed by atoms with van der Waals surface area (Å²) >= 11 is 0. The molecule has 1 aromatic heterocycles. The maximum absolute atomic E-state index is 12.8. The quantitative estimate of drug-likeness (QED) is 0.856. The SMILES string of the molecule is CNCc1cccc2cc(C(F)(F)F)n(C)c12. The molecule has 0 saturated carbocycles. The van der Waals surface area contributed by atoms with Gasteiger partial charge in [0, 0.05) is 19.0 Å². The molecule has 0 saturated heterocycles. The minimum atomic E-state index is -4.31. The largest absolute Gasteiger partial charge is 0.431 e. The Kier molecular flexibility index (Phi) is 2.87. The highest BCUT2D eigenvalue weighted by Gasteiger charge is 2.34. The summed E-state index contributed by atoms with van der Waals surface area (Å²) in [6, 6.07) is 6.49. The highest BCUT2D eigenvalue weighted by atomic mass is 19.4. The molecule has 2 rings (SSSR count). The molecule has 0 spiro atoms. The molecule has 0 unspecified atom stereocenters. The fourth-order valence-corrected chi connectivity index (χ4v) is 2.11. The number of para-hydroxylation sites is 1. The minimum absolute atomic E-state index is 0.548. The van der Waals surface area contributed by atoms with Gasteiger partial charge >= 0.3 is 6.18 Å². The lowest BCUT2D eigenvalue weighted by atomic mass is 10.1. The molecule has 0 radical (unpaired) electrons. The van der Waals surface area contributed by atoms with Crippen molar-refractivity contribution in [3.63, 3.8) is 0 Å². The van der Waals surface area contributed by atoms with Crippen LogP contribution in [0, 0.1) is 0 Å². The Balaban J connectivity index is 2.70. The Morgan fingerprint density at radius 3 is 2.59 bits per heavy atom. The van der Waals surface area contributed by atoms with Gasteiger partial charge in [-0.2, -0.15) is 13.2 Å². The Labute approximate surface area is 97.0 Å². The summed E-state index contributed by atoms with van der Waals surface area (Å²) in [5.41, 5.74) is 0.883. The second kappa shape index (κ2) is 4.07. The van der Waals surface area contributed by atoms with Gasteiger partial charge in [0.25, 0.3) is 0 Å². The number of alkyl halides is 3. The summed E-state index contributed by atoms with van der Waals surface area (Å²) in [6.45, 7) is 0.548. The third-order valence-electron chi connectivity index (χ3n) is 2.80. The fourth-order valence-electron chi connectivity index (χ4n) is 2.11. The van der Waals surface area contributed by atoms with Crippen LogP contribution in [0.3, 0.4) is 0 Å². The fraction of sp³-hybridized carbons (Fsp3) is 0.333. The van der Waals surface area contributed by atoms with Crippen LogP contribution < -0.4 is 5.32 Å². The number of fused-ring (bicyclic) bond motifs is 1. The molecule has 1 N–H and O–H groups in total. The Hall–Kier alpha value is -1.49. The van der Waals surface area contributed by atoms with Gasteiger partial charge in [0.05, 0.1) is 5.52 Å². The molecule has 0 atom stereocenters. The lowest BCUT2D eigenvalue weighted by Gasteiger charge is -2.10. The van der Waals surface area contributed by atoms with Crippen LogP contribution in [0.1, 0.15) is 11.3 Å². The molecule has 92 valence electrons. The van der Waals surface area contributed by atoms with Gasteiger partial charge in [0.2, 0.25) is 0 Å². The zero-order valence-electron chi connectivity index (χ0n) is 9.60. The van der Waals surface area contributed by atoms with Crippen LogP contribution >= 0.6 is 0 Å². The maximum atomic E-state index is 12.8. The summed E-state index contributed by atoms with van der Waals surface area (Å²) in [5.74, 6) is 0. The molecule has 1 heterocycles. The highest BCUT2D eigenvalue weighted by molar-refractivity contribution is 5.84. The molecule has 0 amide bonds. The molecule has 0 aliphatic carbocycles. The van der Waals surface area contributed by atoms with Crippen LogP contribution in [0.4, 0.5) is 13.2 Å². The second-order valence-corrected chi connectivity index (χ2v) is 3.97. The highest BCUT2D eigenvalue weighted by Crippen LogP contribution is 2.34. The van der Waals surface area contributed by atoms with Crippen molar-refractivity contribution in [3.05, 3.63) is 35.5 Å². The lowest BCUT2D eigenvalue weighted by Crippen LogP contribution is -2.12. The van der Waals surface area contributed by atoms with Crippen LogP contribution in [-0.2, 0) is 19.8 Å². The smallest absolute Gasteiger partial charge is 0.340 e. The first-order chi connectivity index (χ1) is 7.95. The molecule has 5 heteroatoms. The van der Waals surface area contributed by atoms with E-state index < -0.39 is 11.9 Å². The lowest BCUT2D eigenvalue weighted by molar-refractivity contribution is -0.142. The number of benzene rings is 1. The topological polar surface area (TPSA) is 17.0 Å². The monoisotopic (exact) mass is 242 g/mol. The first-order valence-electron chi connectivity index (χ1n) is 5.24. The van der Waals surface area contributed by atoms with Crippen molar-refractivity contribution < 1.29 is 13.2 Å². The molecule has 0 aliphatic rings. The Bertz CT molecular complexity index is 540. The number of hydrogen-bond donors (Lipinski definition) is 1. The van der Waals surface area contributed by atoms with E-state index in [1.165, 1.54) is 17.7 Å². The van der Waals surface area contributed by atoms with Gasteiger partial charge in [-0.1, -0.05) is 18.2 Å². The first kappa shape index (κ1) is 12.0. The average Bonchev–Trinajstić information content (AvgIpc) is 2.57. The zero-order valence-corrected chi connectivity index (χ0v) is 9.60. The normalized spacial score (nSPS) is 12.3. The standard InChI is InChI=1S/C12H13F3N2/c1-16-7-9-5-3-4-8-6-10(12(13,14)15)17(2)11(8)9/h3-6,16H,7H2,1-2H3. The summed E-state index contributed by atoms with van der Waals surface area (Å²) < 4.78 is 39.5. The van der Waals surface area contributed by atoms with E-state index in [9.17, 15) is 13.2 Å². The number of nitrogens with one attached hydrogen (secondary N) is 1. The molecule has 17 heavy (non-hydrogen) atoms. The number of aryl methyl sites for hydroxylation is 1. The second-order valence-electron chi connectivity index (χ2n) is 3.97. The van der Waals surface area contributed by atoms with Crippen molar-refractivity contribution in [2.24, 2.45) is 7.05 Å². The molecule has 0 aliphatic heterocycles. The van der Waals surface area contributed by atoms with E-state index in [1.54, 1.807) is 19.2 Å². The Morgan fingerprint density at radius 2 is 2.00 bits per heavy atom. The summed E-state index contributed by atoms with van der Waals surface area (Å²) in [4.78, 5) is 0. The van der Waals surface area contributed by atoms with E-state index in [2.05, 4.69) is 5.32 Å². The summed E-state index contributed by atoms with van der Waals surface area (Å²) in [6.07, 6.45) is -4.31. The third-order valence-corrected chi connectivity index (χ3v) is 2.80. The molecule has 0 bridgehead atoms. The molecule has 0 fully saturated rings. The third kappa shape index (κ3) is 2.02. The molecule has 2 nitrogen and oxygen atoms in total. The minimum Gasteiger partial charge on any atom is -0.340 e. The summed E-state index contributed by atoms with van der Waals surface area (Å²) in [5, 5.41) is 3.57. The number of halogens is 3. The van der Waals surface area contributed by atoms with Crippen LogP contribution in [-0.4, -0.2) is 11.6 Å². The van der Waals surface area contributed by atoms with Gasteiger partial charge in [0.1, 0.15) is 5.69 Å². The van der Waals surface area contributed by atoms with E-state index in [-0.39, 0.29) is 0 Å². The molecule has 2 aromatic rings. The predicted molar refractivity (Wildman–Crippen MR) is 60.7 cm³/mol. The molecule has 1 aromatic carbocycles. The van der Waals surface area contributed by atoms with Gasteiger partial charge in [-0.25, -0.2) is 0 Å². The van der Waals surface area contributed by atoms with Crippen molar-refractivity contribution in [1.29, 1.82) is 0 Å². The van der Waals surface area contributed by atoms with Gasteiger partial charge < -0.3 is 9.88 Å². The van der Waals surface area contributed by atoms with E-state index in [0.29, 0.717) is 17.4 Å². The first-order valence-corrected chi connectivity index (χ1v) is 5.24. The van der Waals surface area contributed by atoms with E-state index in [1.807, 2.05) is 6.07 Å². The van der Waals surface area contributed by atoms with Crippen molar-refractivity contribution in [2.45, 2.75) is 12.7 Å². The van der Waals surface area contributed by atoms with Crippen molar-refractivity contribution in [3.8, 4) is 0 Å². The number of nitrogens with zero attached hydrogens (tertiary/aromatic N) is 1.